The average molecular weight is 347 g/mol. The summed E-state index contributed by atoms with van der Waals surface area (Å²) in [6, 6.07) is 1.80. The van der Waals surface area contributed by atoms with E-state index in [1.165, 1.54) is 11.3 Å². The van der Waals surface area contributed by atoms with Gasteiger partial charge in [0.05, 0.1) is 5.69 Å². The van der Waals surface area contributed by atoms with Gasteiger partial charge < -0.3 is 20.1 Å². The van der Waals surface area contributed by atoms with E-state index in [4.69, 9.17) is 5.73 Å². The molecular weight excluding hydrogens is 322 g/mol. The quantitative estimate of drug-likeness (QED) is 0.899. The van der Waals surface area contributed by atoms with Crippen LogP contribution in [0.15, 0.2) is 23.8 Å². The van der Waals surface area contributed by atoms with Crippen LogP contribution in [0.1, 0.15) is 34.3 Å². The fourth-order valence-corrected chi connectivity index (χ4v) is 3.94. The van der Waals surface area contributed by atoms with Crippen LogP contribution in [0.5, 0.6) is 0 Å². The van der Waals surface area contributed by atoms with Gasteiger partial charge in [-0.05, 0) is 38.4 Å². The van der Waals surface area contributed by atoms with Gasteiger partial charge in [0.15, 0.2) is 0 Å². The Hall–Kier alpha value is -1.86. The van der Waals surface area contributed by atoms with Gasteiger partial charge in [-0.2, -0.15) is 0 Å². The first kappa shape index (κ1) is 17.0. The fraction of sp³-hybridized carbons (Fsp3) is 0.529. The zero-order chi connectivity index (χ0) is 17.1. The van der Waals surface area contributed by atoms with Gasteiger partial charge in [0, 0.05) is 44.5 Å². The molecular formula is C17H25N5OS. The smallest absolute Gasteiger partial charge is 0.266 e. The van der Waals surface area contributed by atoms with Crippen LogP contribution in [0.4, 0.5) is 5.69 Å². The van der Waals surface area contributed by atoms with Crippen molar-refractivity contribution in [2.45, 2.75) is 25.3 Å². The molecule has 3 heterocycles. The number of hydrogen-bond acceptors (Lipinski definition) is 5. The number of rotatable bonds is 5. The molecule has 0 radical (unpaired) electrons. The van der Waals surface area contributed by atoms with Gasteiger partial charge in [-0.25, -0.2) is 4.98 Å². The Kier molecular flexibility index (Phi) is 5.20. The largest absolute Gasteiger partial charge is 0.397 e. The number of thiophene rings is 1. The Morgan fingerprint density at radius 2 is 2.17 bits per heavy atom. The monoisotopic (exact) mass is 347 g/mol. The number of piperidine rings is 1. The van der Waals surface area contributed by atoms with Crippen LogP contribution in [0.3, 0.4) is 0 Å². The van der Waals surface area contributed by atoms with Crippen molar-refractivity contribution in [1.82, 2.24) is 19.4 Å². The predicted molar refractivity (Wildman–Crippen MR) is 97.4 cm³/mol. The Balaban J connectivity index is 1.60. The topological polar surface area (TPSA) is 67.4 Å². The second-order valence-corrected chi connectivity index (χ2v) is 7.47. The van der Waals surface area contributed by atoms with Gasteiger partial charge in [-0.3, -0.25) is 4.79 Å². The van der Waals surface area contributed by atoms with E-state index < -0.39 is 0 Å². The van der Waals surface area contributed by atoms with E-state index in [-0.39, 0.29) is 5.91 Å². The first-order valence-electron chi connectivity index (χ1n) is 8.34. The number of carbonyl (C=O) groups is 1. The highest BCUT2D eigenvalue weighted by Crippen LogP contribution is 2.29. The molecule has 2 aromatic heterocycles. The number of likely N-dealkylation sites (N-methyl/N-ethyl adjacent to an activating group) is 1. The van der Waals surface area contributed by atoms with Crippen LogP contribution in [-0.2, 0) is 6.54 Å². The molecule has 1 aliphatic heterocycles. The van der Waals surface area contributed by atoms with Crippen LogP contribution in [0.25, 0.3) is 0 Å². The van der Waals surface area contributed by atoms with Crippen molar-refractivity contribution in [1.29, 1.82) is 0 Å². The lowest BCUT2D eigenvalue weighted by molar-refractivity contribution is 0.0716. The highest BCUT2D eigenvalue weighted by Gasteiger charge is 2.28. The fourth-order valence-electron chi connectivity index (χ4n) is 3.15. The number of likely N-dealkylation sites (tertiary alicyclic amines) is 1. The summed E-state index contributed by atoms with van der Waals surface area (Å²) in [7, 11) is 4.16. The van der Waals surface area contributed by atoms with Crippen LogP contribution < -0.4 is 5.73 Å². The van der Waals surface area contributed by atoms with E-state index in [2.05, 4.69) is 34.7 Å². The second kappa shape index (κ2) is 7.36. The molecule has 0 bridgehead atoms. The lowest BCUT2D eigenvalue weighted by Crippen LogP contribution is -2.38. The Labute approximate surface area is 146 Å². The molecule has 3 rings (SSSR count). The molecule has 0 unspecified atom stereocenters. The van der Waals surface area contributed by atoms with Crippen molar-refractivity contribution < 1.29 is 4.79 Å². The van der Waals surface area contributed by atoms with E-state index >= 15 is 0 Å². The van der Waals surface area contributed by atoms with Crippen LogP contribution in [0.2, 0.25) is 0 Å². The van der Waals surface area contributed by atoms with Gasteiger partial charge in [-0.1, -0.05) is 0 Å². The molecule has 0 saturated carbocycles. The number of nitrogens with zero attached hydrogens (tertiary/aromatic N) is 4. The number of imidazole rings is 1. The van der Waals surface area contributed by atoms with E-state index in [1.807, 2.05) is 16.5 Å². The molecule has 2 aromatic rings. The third kappa shape index (κ3) is 3.62. The minimum absolute atomic E-state index is 0.0666. The standard InChI is InChI=1S/C17H25N5OS/c1-20(2)10-11-21-9-6-19-16(21)13-3-7-22(8-4-13)17(23)15-14(18)5-12-24-15/h5-6,9,12-13H,3-4,7-8,10-11,18H2,1-2H3. The molecule has 1 aliphatic rings. The lowest BCUT2D eigenvalue weighted by atomic mass is 9.95. The summed E-state index contributed by atoms with van der Waals surface area (Å²) < 4.78 is 2.25. The van der Waals surface area contributed by atoms with Crippen molar-refractivity contribution >= 4 is 22.9 Å². The number of carbonyl (C=O) groups excluding carboxylic acids is 1. The summed E-state index contributed by atoms with van der Waals surface area (Å²) in [6.45, 7) is 3.48. The molecule has 1 fully saturated rings. The summed E-state index contributed by atoms with van der Waals surface area (Å²) in [6.07, 6.45) is 5.85. The van der Waals surface area contributed by atoms with Crippen molar-refractivity contribution in [2.75, 3.05) is 39.5 Å². The number of aromatic nitrogens is 2. The minimum Gasteiger partial charge on any atom is -0.397 e. The van der Waals surface area contributed by atoms with E-state index in [9.17, 15) is 4.79 Å². The number of hydrogen-bond donors (Lipinski definition) is 1. The van der Waals surface area contributed by atoms with Gasteiger partial charge in [0.2, 0.25) is 0 Å². The molecule has 130 valence electrons. The van der Waals surface area contributed by atoms with Gasteiger partial charge in [-0.15, -0.1) is 11.3 Å². The summed E-state index contributed by atoms with van der Waals surface area (Å²) in [5, 5.41) is 1.87. The molecule has 1 amide bonds. The molecule has 6 nitrogen and oxygen atoms in total. The third-order valence-corrected chi connectivity index (χ3v) is 5.49. The zero-order valence-electron chi connectivity index (χ0n) is 14.3. The van der Waals surface area contributed by atoms with Crippen molar-refractivity contribution in [3.05, 3.63) is 34.5 Å². The molecule has 1 saturated heterocycles. The molecule has 7 heteroatoms. The maximum Gasteiger partial charge on any atom is 0.266 e. The van der Waals surface area contributed by atoms with E-state index in [0.717, 1.165) is 44.8 Å². The Bertz CT molecular complexity index is 685. The number of nitrogen functional groups attached to an aromatic ring is 1. The molecule has 0 aromatic carbocycles. The zero-order valence-corrected chi connectivity index (χ0v) is 15.1. The van der Waals surface area contributed by atoms with Gasteiger partial charge in [0.25, 0.3) is 5.91 Å². The molecule has 24 heavy (non-hydrogen) atoms. The first-order valence-corrected chi connectivity index (χ1v) is 9.22. The van der Waals surface area contributed by atoms with E-state index in [0.29, 0.717) is 16.5 Å². The maximum atomic E-state index is 12.5. The maximum absolute atomic E-state index is 12.5. The third-order valence-electron chi connectivity index (χ3n) is 4.57. The van der Waals surface area contributed by atoms with Crippen molar-refractivity contribution in [3.8, 4) is 0 Å². The van der Waals surface area contributed by atoms with Gasteiger partial charge in [0.1, 0.15) is 10.7 Å². The predicted octanol–water partition coefficient (Wildman–Crippen LogP) is 2.11. The van der Waals surface area contributed by atoms with Crippen molar-refractivity contribution in [2.24, 2.45) is 0 Å². The van der Waals surface area contributed by atoms with E-state index in [1.54, 1.807) is 6.07 Å². The first-order chi connectivity index (χ1) is 11.6. The lowest BCUT2D eigenvalue weighted by Gasteiger charge is -2.32. The summed E-state index contributed by atoms with van der Waals surface area (Å²) >= 11 is 1.42. The van der Waals surface area contributed by atoms with Crippen molar-refractivity contribution in [3.63, 3.8) is 0 Å². The number of nitrogens with two attached hydrogens (primary N) is 1. The average Bonchev–Trinajstić information content (AvgIpc) is 3.21. The SMILES string of the molecule is CN(C)CCn1ccnc1C1CCN(C(=O)c2sccc2N)CC1. The molecule has 0 spiro atoms. The summed E-state index contributed by atoms with van der Waals surface area (Å²) in [5.41, 5.74) is 6.47. The summed E-state index contributed by atoms with van der Waals surface area (Å²) in [5.74, 6) is 1.64. The van der Waals surface area contributed by atoms with Crippen LogP contribution in [0, 0.1) is 0 Å². The van der Waals surface area contributed by atoms with Crippen LogP contribution in [-0.4, -0.2) is 59.0 Å². The molecule has 0 atom stereocenters. The second-order valence-electron chi connectivity index (χ2n) is 6.55. The highest BCUT2D eigenvalue weighted by atomic mass is 32.1. The van der Waals surface area contributed by atoms with Gasteiger partial charge >= 0.3 is 0 Å². The van der Waals surface area contributed by atoms with Crippen LogP contribution >= 0.6 is 11.3 Å². The summed E-state index contributed by atoms with van der Waals surface area (Å²) in [4.78, 5) is 21.9. The Morgan fingerprint density at radius 3 is 2.79 bits per heavy atom. The number of anilines is 1. The minimum atomic E-state index is 0.0666. The molecule has 2 N–H and O–H groups in total. The molecule has 0 aliphatic carbocycles. The highest BCUT2D eigenvalue weighted by molar-refractivity contribution is 7.12. The normalized spacial score (nSPS) is 16.0. The number of amides is 1. The Morgan fingerprint density at radius 1 is 1.42 bits per heavy atom.